The average Bonchev–Trinajstić information content (AvgIpc) is 2.97. The predicted molar refractivity (Wildman–Crippen MR) is 84.0 cm³/mol. The number of ether oxygens (including phenoxy) is 1. The van der Waals surface area contributed by atoms with E-state index >= 15 is 0 Å². The maximum absolute atomic E-state index is 9.55. The van der Waals surface area contributed by atoms with Gasteiger partial charge in [-0.25, -0.2) is 4.98 Å². The second-order valence-electron chi connectivity index (χ2n) is 5.33. The van der Waals surface area contributed by atoms with Crippen molar-refractivity contribution in [3.63, 3.8) is 0 Å². The molecule has 5 heteroatoms. The molecular weight excluding hydrogens is 276 g/mol. The van der Waals surface area contributed by atoms with Crippen molar-refractivity contribution >= 4 is 16.7 Å². The number of pyridine rings is 1. The SMILES string of the molecule is N#Cc1c(N)nc2c(c1-c1c[nH]c3ccccc13)COCC2. The number of nitrogens with one attached hydrogen (secondary N) is 1. The van der Waals surface area contributed by atoms with Gasteiger partial charge in [0.25, 0.3) is 0 Å². The summed E-state index contributed by atoms with van der Waals surface area (Å²) in [6.07, 6.45) is 2.65. The van der Waals surface area contributed by atoms with Crippen LogP contribution >= 0.6 is 0 Å². The quantitative estimate of drug-likeness (QED) is 0.721. The molecule has 0 saturated heterocycles. The molecule has 0 saturated carbocycles. The van der Waals surface area contributed by atoms with Gasteiger partial charge < -0.3 is 15.5 Å². The maximum atomic E-state index is 9.55. The predicted octanol–water partition coefficient (Wildman–Crippen LogP) is 2.76. The molecule has 108 valence electrons. The number of para-hydroxylation sites is 1. The Kier molecular flexibility index (Phi) is 2.84. The molecule has 0 bridgehead atoms. The fraction of sp³-hybridized carbons (Fsp3) is 0.176. The van der Waals surface area contributed by atoms with Gasteiger partial charge in [-0.1, -0.05) is 18.2 Å². The number of nitrogens with two attached hydrogens (primary N) is 1. The highest BCUT2D eigenvalue weighted by atomic mass is 16.5. The van der Waals surface area contributed by atoms with Crippen LogP contribution in [0.3, 0.4) is 0 Å². The van der Waals surface area contributed by atoms with E-state index in [0.717, 1.165) is 39.7 Å². The molecule has 22 heavy (non-hydrogen) atoms. The van der Waals surface area contributed by atoms with E-state index in [9.17, 15) is 5.26 Å². The van der Waals surface area contributed by atoms with Gasteiger partial charge in [0.2, 0.25) is 0 Å². The zero-order valence-corrected chi connectivity index (χ0v) is 11.9. The molecule has 1 aromatic carbocycles. The summed E-state index contributed by atoms with van der Waals surface area (Å²) < 4.78 is 5.59. The molecule has 1 aliphatic rings. The van der Waals surface area contributed by atoms with Crippen LogP contribution in [0.2, 0.25) is 0 Å². The molecule has 4 rings (SSSR count). The molecule has 3 heterocycles. The summed E-state index contributed by atoms with van der Waals surface area (Å²) >= 11 is 0. The molecule has 0 radical (unpaired) electrons. The molecule has 0 atom stereocenters. The third-order valence-electron chi connectivity index (χ3n) is 4.11. The Morgan fingerprint density at radius 2 is 2.18 bits per heavy atom. The van der Waals surface area contributed by atoms with Crippen molar-refractivity contribution in [3.05, 3.63) is 47.3 Å². The van der Waals surface area contributed by atoms with E-state index in [1.807, 2.05) is 30.5 Å². The van der Waals surface area contributed by atoms with E-state index in [-0.39, 0.29) is 0 Å². The van der Waals surface area contributed by atoms with Gasteiger partial charge in [0.15, 0.2) is 0 Å². The Balaban J connectivity index is 2.09. The Labute approximate surface area is 127 Å². The van der Waals surface area contributed by atoms with Crippen molar-refractivity contribution in [3.8, 4) is 17.2 Å². The van der Waals surface area contributed by atoms with Crippen LogP contribution in [0.1, 0.15) is 16.8 Å². The molecule has 2 aromatic heterocycles. The number of nitrogen functional groups attached to an aromatic ring is 1. The van der Waals surface area contributed by atoms with Crippen LogP contribution in [0, 0.1) is 11.3 Å². The first kappa shape index (κ1) is 12.9. The summed E-state index contributed by atoms with van der Waals surface area (Å²) in [6, 6.07) is 10.2. The van der Waals surface area contributed by atoms with Crippen molar-refractivity contribution in [1.82, 2.24) is 9.97 Å². The number of anilines is 1. The van der Waals surface area contributed by atoms with Gasteiger partial charge >= 0.3 is 0 Å². The minimum absolute atomic E-state index is 0.295. The average molecular weight is 290 g/mol. The van der Waals surface area contributed by atoms with Gasteiger partial charge in [-0.2, -0.15) is 5.26 Å². The van der Waals surface area contributed by atoms with Crippen LogP contribution in [-0.2, 0) is 17.8 Å². The molecule has 5 nitrogen and oxygen atoms in total. The van der Waals surface area contributed by atoms with Crippen LogP contribution in [0.4, 0.5) is 5.82 Å². The van der Waals surface area contributed by atoms with E-state index in [1.165, 1.54) is 0 Å². The first-order chi connectivity index (χ1) is 10.8. The lowest BCUT2D eigenvalue weighted by Gasteiger charge is -2.21. The normalized spacial score (nSPS) is 13.8. The molecule has 3 N–H and O–H groups in total. The second-order valence-corrected chi connectivity index (χ2v) is 5.33. The minimum atomic E-state index is 0.295. The van der Waals surface area contributed by atoms with E-state index in [0.29, 0.717) is 24.6 Å². The van der Waals surface area contributed by atoms with Crippen molar-refractivity contribution in [1.29, 1.82) is 5.26 Å². The van der Waals surface area contributed by atoms with E-state index in [4.69, 9.17) is 10.5 Å². The first-order valence-corrected chi connectivity index (χ1v) is 7.15. The third kappa shape index (κ3) is 1.78. The number of benzene rings is 1. The van der Waals surface area contributed by atoms with Gasteiger partial charge in [-0.15, -0.1) is 0 Å². The fourth-order valence-corrected chi connectivity index (χ4v) is 3.09. The monoisotopic (exact) mass is 290 g/mol. The van der Waals surface area contributed by atoms with E-state index in [1.54, 1.807) is 0 Å². The Hall–Kier alpha value is -2.84. The van der Waals surface area contributed by atoms with Crippen LogP contribution in [0.5, 0.6) is 0 Å². The van der Waals surface area contributed by atoms with Gasteiger partial charge in [0, 0.05) is 40.2 Å². The number of aromatic nitrogens is 2. The van der Waals surface area contributed by atoms with Crippen molar-refractivity contribution in [2.45, 2.75) is 13.0 Å². The van der Waals surface area contributed by atoms with Crippen molar-refractivity contribution in [2.24, 2.45) is 0 Å². The third-order valence-corrected chi connectivity index (χ3v) is 4.11. The molecular formula is C17H14N4O. The molecule has 0 aliphatic carbocycles. The largest absolute Gasteiger partial charge is 0.383 e. The number of rotatable bonds is 1. The fourth-order valence-electron chi connectivity index (χ4n) is 3.09. The van der Waals surface area contributed by atoms with E-state index in [2.05, 4.69) is 16.0 Å². The van der Waals surface area contributed by atoms with Crippen LogP contribution in [0.25, 0.3) is 22.0 Å². The Morgan fingerprint density at radius 1 is 1.32 bits per heavy atom. The van der Waals surface area contributed by atoms with Gasteiger partial charge in [-0.3, -0.25) is 0 Å². The van der Waals surface area contributed by atoms with E-state index < -0.39 is 0 Å². The van der Waals surface area contributed by atoms with Crippen LogP contribution in [-0.4, -0.2) is 16.6 Å². The standard InChI is InChI=1S/C17H14N4O/c18-7-11-16(12-8-20-14-4-2-1-3-10(12)14)13-9-22-6-5-15(13)21-17(11)19/h1-4,8,20H,5-6,9H2,(H2,19,21). The number of hydrogen-bond acceptors (Lipinski definition) is 4. The lowest BCUT2D eigenvalue weighted by Crippen LogP contribution is -2.15. The number of H-pyrrole nitrogens is 1. The van der Waals surface area contributed by atoms with Crippen LogP contribution < -0.4 is 5.73 Å². The zero-order chi connectivity index (χ0) is 15.1. The molecule has 3 aromatic rings. The second kappa shape index (κ2) is 4.86. The summed E-state index contributed by atoms with van der Waals surface area (Å²) in [4.78, 5) is 7.65. The summed E-state index contributed by atoms with van der Waals surface area (Å²) in [5.41, 5.74) is 11.2. The van der Waals surface area contributed by atoms with Gasteiger partial charge in [-0.05, 0) is 6.07 Å². The lowest BCUT2D eigenvalue weighted by atomic mass is 9.92. The van der Waals surface area contributed by atoms with Gasteiger partial charge in [0.05, 0.1) is 18.9 Å². The molecule has 0 amide bonds. The molecule has 0 spiro atoms. The number of aromatic amines is 1. The topological polar surface area (TPSA) is 87.7 Å². The molecule has 0 fully saturated rings. The maximum Gasteiger partial charge on any atom is 0.142 e. The zero-order valence-electron chi connectivity index (χ0n) is 11.9. The smallest absolute Gasteiger partial charge is 0.142 e. The van der Waals surface area contributed by atoms with Crippen molar-refractivity contribution in [2.75, 3.05) is 12.3 Å². The van der Waals surface area contributed by atoms with Crippen molar-refractivity contribution < 1.29 is 4.74 Å². The number of fused-ring (bicyclic) bond motifs is 2. The molecule has 0 unspecified atom stereocenters. The Morgan fingerprint density at radius 3 is 3.05 bits per heavy atom. The summed E-state index contributed by atoms with van der Waals surface area (Å²) in [5.74, 6) is 0.295. The molecule has 1 aliphatic heterocycles. The number of nitrogens with zero attached hydrogens (tertiary/aromatic N) is 2. The highest BCUT2D eigenvalue weighted by Crippen LogP contribution is 2.37. The summed E-state index contributed by atoms with van der Waals surface area (Å²) in [7, 11) is 0. The minimum Gasteiger partial charge on any atom is -0.383 e. The first-order valence-electron chi connectivity index (χ1n) is 7.15. The number of nitriles is 1. The van der Waals surface area contributed by atoms with Gasteiger partial charge in [0.1, 0.15) is 17.5 Å². The highest BCUT2D eigenvalue weighted by Gasteiger charge is 2.23. The summed E-state index contributed by atoms with van der Waals surface area (Å²) in [5, 5.41) is 10.6. The van der Waals surface area contributed by atoms with Crippen LogP contribution in [0.15, 0.2) is 30.5 Å². The summed E-state index contributed by atoms with van der Waals surface area (Å²) in [6.45, 7) is 1.10. The number of hydrogen-bond donors (Lipinski definition) is 2. The lowest BCUT2D eigenvalue weighted by molar-refractivity contribution is 0.109. The Bertz CT molecular complexity index is 920. The highest BCUT2D eigenvalue weighted by molar-refractivity contribution is 5.98.